The van der Waals surface area contributed by atoms with Crippen LogP contribution < -0.4 is 19.5 Å². The number of hydrogen-bond donors (Lipinski definition) is 2. The van der Waals surface area contributed by atoms with E-state index in [1.165, 1.54) is 14.2 Å². The second kappa shape index (κ2) is 9.57. The molecule has 0 atom stereocenters. The van der Waals surface area contributed by atoms with Crippen molar-refractivity contribution in [3.05, 3.63) is 59.2 Å². The fourth-order valence-corrected chi connectivity index (χ4v) is 4.08. The topological polar surface area (TPSA) is 93.7 Å². The fourth-order valence-electron chi connectivity index (χ4n) is 2.64. The van der Waals surface area contributed by atoms with Crippen molar-refractivity contribution in [1.29, 1.82) is 0 Å². The number of benzene rings is 2. The van der Waals surface area contributed by atoms with Crippen LogP contribution in [0.15, 0.2) is 42.5 Å². The lowest BCUT2D eigenvalue weighted by atomic mass is 10.1. The molecule has 2 rings (SSSR count). The van der Waals surface area contributed by atoms with Gasteiger partial charge in [-0.3, -0.25) is 4.79 Å². The van der Waals surface area contributed by atoms with Crippen LogP contribution in [0.3, 0.4) is 0 Å². The zero-order valence-electron chi connectivity index (χ0n) is 16.5. The smallest absolute Gasteiger partial charge is 0.255 e. The van der Waals surface area contributed by atoms with Gasteiger partial charge >= 0.3 is 0 Å². The predicted molar refractivity (Wildman–Crippen MR) is 108 cm³/mol. The van der Waals surface area contributed by atoms with Gasteiger partial charge in [-0.05, 0) is 43.2 Å². The van der Waals surface area contributed by atoms with Crippen LogP contribution in [-0.4, -0.2) is 34.6 Å². The number of nitrogens with one attached hydrogen (secondary N) is 2. The maximum atomic E-state index is 12.5. The molecule has 2 N–H and O–H groups in total. The van der Waals surface area contributed by atoms with Crippen LogP contribution in [0.5, 0.6) is 11.5 Å². The maximum absolute atomic E-state index is 12.5. The Morgan fingerprint density at radius 3 is 2.21 bits per heavy atom. The highest BCUT2D eigenvalue weighted by atomic mass is 32.2. The predicted octanol–water partition coefficient (Wildman–Crippen LogP) is 2.46. The highest BCUT2D eigenvalue weighted by molar-refractivity contribution is 7.88. The molecule has 0 spiro atoms. The van der Waals surface area contributed by atoms with Crippen molar-refractivity contribution in [2.24, 2.45) is 0 Å². The van der Waals surface area contributed by atoms with Gasteiger partial charge in [-0.25, -0.2) is 13.1 Å². The summed E-state index contributed by atoms with van der Waals surface area (Å²) in [6.45, 7) is 3.86. The summed E-state index contributed by atoms with van der Waals surface area (Å²) in [7, 11) is -0.339. The first-order chi connectivity index (χ1) is 13.2. The van der Waals surface area contributed by atoms with Crippen molar-refractivity contribution in [3.63, 3.8) is 0 Å². The van der Waals surface area contributed by atoms with E-state index in [9.17, 15) is 13.2 Å². The third-order valence-corrected chi connectivity index (χ3v) is 5.44. The summed E-state index contributed by atoms with van der Waals surface area (Å²) in [5.41, 5.74) is 1.91. The molecule has 152 valence electrons. The molecule has 28 heavy (non-hydrogen) atoms. The SMILES string of the molecule is COc1ccc(OC)c(C(=O)NCc2ccc(CS(=O)(=O)NC(C)C)cc2)c1. The van der Waals surface area contributed by atoms with Crippen molar-refractivity contribution in [2.45, 2.75) is 32.2 Å². The minimum Gasteiger partial charge on any atom is -0.497 e. The van der Waals surface area contributed by atoms with E-state index < -0.39 is 10.0 Å². The molecule has 2 aromatic carbocycles. The number of hydrogen-bond acceptors (Lipinski definition) is 5. The third kappa shape index (κ3) is 6.24. The summed E-state index contributed by atoms with van der Waals surface area (Å²) in [6, 6.07) is 11.9. The number of rotatable bonds is 9. The van der Waals surface area contributed by atoms with Gasteiger partial charge in [0, 0.05) is 12.6 Å². The summed E-state index contributed by atoms with van der Waals surface area (Å²) < 4.78 is 36.9. The molecule has 0 unspecified atom stereocenters. The lowest BCUT2D eigenvalue weighted by Crippen LogP contribution is -2.31. The number of amides is 1. The normalized spacial score (nSPS) is 11.3. The second-order valence-electron chi connectivity index (χ2n) is 6.60. The molecule has 8 heteroatoms. The molecule has 0 heterocycles. The van der Waals surface area contributed by atoms with Crippen LogP contribution in [0.1, 0.15) is 35.3 Å². The minimum atomic E-state index is -3.37. The van der Waals surface area contributed by atoms with Gasteiger partial charge in [-0.15, -0.1) is 0 Å². The minimum absolute atomic E-state index is 0.0845. The molecule has 0 bridgehead atoms. The largest absolute Gasteiger partial charge is 0.497 e. The molecular weight excluding hydrogens is 380 g/mol. The fraction of sp³-hybridized carbons (Fsp3) is 0.350. The first-order valence-corrected chi connectivity index (χ1v) is 10.5. The average molecular weight is 407 g/mol. The number of carbonyl (C=O) groups is 1. The molecule has 0 aromatic heterocycles. The highest BCUT2D eigenvalue weighted by Gasteiger charge is 2.14. The maximum Gasteiger partial charge on any atom is 0.255 e. The van der Waals surface area contributed by atoms with Crippen molar-refractivity contribution >= 4 is 15.9 Å². The lowest BCUT2D eigenvalue weighted by molar-refractivity contribution is 0.0947. The Kier molecular flexibility index (Phi) is 7.42. The Balaban J connectivity index is 2.01. The quantitative estimate of drug-likeness (QED) is 0.667. The Bertz CT molecular complexity index is 909. The zero-order valence-corrected chi connectivity index (χ0v) is 17.3. The van der Waals surface area contributed by atoms with E-state index in [4.69, 9.17) is 9.47 Å². The Labute approximate surface area is 166 Å². The highest BCUT2D eigenvalue weighted by Crippen LogP contribution is 2.23. The van der Waals surface area contributed by atoms with Crippen molar-refractivity contribution < 1.29 is 22.7 Å². The molecule has 7 nitrogen and oxygen atoms in total. The first-order valence-electron chi connectivity index (χ1n) is 8.82. The number of ether oxygens (including phenoxy) is 2. The van der Waals surface area contributed by atoms with Gasteiger partial charge in [0.25, 0.3) is 5.91 Å². The summed E-state index contributed by atoms with van der Waals surface area (Å²) in [5, 5.41) is 2.83. The van der Waals surface area contributed by atoms with Crippen LogP contribution >= 0.6 is 0 Å². The standard InChI is InChI=1S/C20H26N2O5S/c1-14(2)22-28(24,25)13-16-7-5-15(6-8-16)12-21-20(23)18-11-17(26-3)9-10-19(18)27-4/h5-11,14,22H,12-13H2,1-4H3,(H,21,23). The summed E-state index contributed by atoms with van der Waals surface area (Å²) >= 11 is 0. The van der Waals surface area contributed by atoms with Crippen molar-refractivity contribution in [1.82, 2.24) is 10.0 Å². The number of sulfonamides is 1. The molecule has 0 aliphatic carbocycles. The van der Waals surface area contributed by atoms with Crippen LogP contribution in [0, 0.1) is 0 Å². The summed E-state index contributed by atoms with van der Waals surface area (Å²) in [4.78, 5) is 12.5. The third-order valence-electron chi connectivity index (χ3n) is 3.90. The Hall–Kier alpha value is -2.58. The van der Waals surface area contributed by atoms with E-state index in [1.807, 2.05) is 0 Å². The first kappa shape index (κ1) is 21.7. The number of methoxy groups -OCH3 is 2. The molecule has 0 aliphatic rings. The molecular formula is C20H26N2O5S. The summed E-state index contributed by atoms with van der Waals surface area (Å²) in [5.74, 6) is 0.644. The van der Waals surface area contributed by atoms with Crippen LogP contribution in [0.2, 0.25) is 0 Å². The Morgan fingerprint density at radius 2 is 1.64 bits per heavy atom. The molecule has 0 fully saturated rings. The number of carbonyl (C=O) groups excluding carboxylic acids is 1. The van der Waals surface area contributed by atoms with Gasteiger partial charge in [0.15, 0.2) is 0 Å². The molecule has 1 amide bonds. The van der Waals surface area contributed by atoms with E-state index >= 15 is 0 Å². The van der Waals surface area contributed by atoms with Gasteiger partial charge < -0.3 is 14.8 Å². The molecule has 0 saturated heterocycles. The molecule has 0 radical (unpaired) electrons. The van der Waals surface area contributed by atoms with E-state index in [1.54, 1.807) is 56.3 Å². The molecule has 2 aromatic rings. The van der Waals surface area contributed by atoms with Gasteiger partial charge in [-0.1, -0.05) is 24.3 Å². The van der Waals surface area contributed by atoms with Gasteiger partial charge in [0.1, 0.15) is 11.5 Å². The van der Waals surface area contributed by atoms with Crippen molar-refractivity contribution in [2.75, 3.05) is 14.2 Å². The van der Waals surface area contributed by atoms with E-state index in [2.05, 4.69) is 10.0 Å². The Morgan fingerprint density at radius 1 is 1.00 bits per heavy atom. The van der Waals surface area contributed by atoms with Crippen LogP contribution in [-0.2, 0) is 22.3 Å². The lowest BCUT2D eigenvalue weighted by Gasteiger charge is -2.12. The summed E-state index contributed by atoms with van der Waals surface area (Å²) in [6.07, 6.45) is 0. The van der Waals surface area contributed by atoms with Crippen LogP contribution in [0.4, 0.5) is 0 Å². The average Bonchev–Trinajstić information content (AvgIpc) is 2.65. The van der Waals surface area contributed by atoms with Gasteiger partial charge in [0.05, 0.1) is 25.5 Å². The molecule has 0 aliphatic heterocycles. The van der Waals surface area contributed by atoms with E-state index in [0.717, 1.165) is 5.56 Å². The second-order valence-corrected chi connectivity index (χ2v) is 8.35. The molecule has 0 saturated carbocycles. The van der Waals surface area contributed by atoms with Gasteiger partial charge in [-0.2, -0.15) is 0 Å². The van der Waals surface area contributed by atoms with Crippen molar-refractivity contribution in [3.8, 4) is 11.5 Å². The monoisotopic (exact) mass is 406 g/mol. The van der Waals surface area contributed by atoms with E-state index in [-0.39, 0.29) is 17.7 Å². The zero-order chi connectivity index (χ0) is 20.7. The van der Waals surface area contributed by atoms with Crippen LogP contribution in [0.25, 0.3) is 0 Å². The van der Waals surface area contributed by atoms with E-state index in [0.29, 0.717) is 29.2 Å². The van der Waals surface area contributed by atoms with Gasteiger partial charge in [0.2, 0.25) is 10.0 Å².